The van der Waals surface area contributed by atoms with Gasteiger partial charge in [-0.2, -0.15) is 0 Å². The van der Waals surface area contributed by atoms with E-state index in [0.29, 0.717) is 0 Å². The fraction of sp³-hybridized carbons (Fsp3) is 0. The van der Waals surface area contributed by atoms with E-state index < -0.39 is 0 Å². The van der Waals surface area contributed by atoms with E-state index in [9.17, 15) is 0 Å². The lowest BCUT2D eigenvalue weighted by atomic mass is 9.98. The number of fused-ring (bicyclic) bond motifs is 7. The van der Waals surface area contributed by atoms with Gasteiger partial charge in [0.15, 0.2) is 0 Å². The predicted molar refractivity (Wildman–Crippen MR) is 129 cm³/mol. The molecule has 0 aliphatic carbocycles. The quantitative estimate of drug-likeness (QED) is 0.262. The molecule has 0 amide bonds. The molecule has 7 rings (SSSR count). The van der Waals surface area contributed by atoms with Crippen LogP contribution in [0.3, 0.4) is 0 Å². The Hall–Kier alpha value is -4.17. The van der Waals surface area contributed by atoms with E-state index in [2.05, 4.69) is 102 Å². The topological polar surface area (TPSA) is 26.0 Å². The third-order valence-electron chi connectivity index (χ3n) is 6.27. The average molecular weight is 395 g/mol. The Kier molecular flexibility index (Phi) is 3.30. The Balaban J connectivity index is 1.53. The van der Waals surface area contributed by atoms with Gasteiger partial charge in [-0.05, 0) is 63.3 Å². The van der Waals surface area contributed by atoms with Crippen LogP contribution in [0.4, 0.5) is 0 Å². The van der Waals surface area contributed by atoms with Crippen molar-refractivity contribution >= 4 is 54.3 Å². The zero-order valence-corrected chi connectivity index (χ0v) is 16.7. The lowest BCUT2D eigenvalue weighted by Crippen LogP contribution is -1.85. The maximum Gasteiger partial charge on any atom is 0.136 e. The first-order valence-electron chi connectivity index (χ1n) is 10.5. The Labute approximate surface area is 178 Å². The second-order valence-electron chi connectivity index (χ2n) is 8.05. The molecule has 144 valence electrons. The van der Waals surface area contributed by atoms with Gasteiger partial charge in [0, 0.05) is 27.9 Å². The third-order valence-corrected chi connectivity index (χ3v) is 6.27. The largest absolute Gasteiger partial charge is 0.456 e. The molecule has 5 aromatic carbocycles. The van der Waals surface area contributed by atoms with Gasteiger partial charge < -0.3 is 4.42 Å². The van der Waals surface area contributed by atoms with Crippen molar-refractivity contribution in [1.29, 1.82) is 0 Å². The van der Waals surface area contributed by atoms with Crippen LogP contribution in [0.1, 0.15) is 0 Å². The minimum Gasteiger partial charge on any atom is -0.456 e. The molecule has 0 aliphatic heterocycles. The monoisotopic (exact) mass is 395 g/mol. The molecule has 2 aromatic heterocycles. The van der Waals surface area contributed by atoms with Gasteiger partial charge in [-0.15, -0.1) is 0 Å². The summed E-state index contributed by atoms with van der Waals surface area (Å²) in [6.07, 6.45) is 1.87. The van der Waals surface area contributed by atoms with Crippen LogP contribution in [-0.2, 0) is 0 Å². The second kappa shape index (κ2) is 6.16. The molecule has 0 saturated heterocycles. The highest BCUT2D eigenvalue weighted by Crippen LogP contribution is 2.38. The normalized spacial score (nSPS) is 11.9. The molecule has 0 N–H and O–H groups in total. The van der Waals surface area contributed by atoms with Crippen molar-refractivity contribution in [1.82, 2.24) is 4.98 Å². The van der Waals surface area contributed by atoms with Crippen molar-refractivity contribution in [3.05, 3.63) is 103 Å². The summed E-state index contributed by atoms with van der Waals surface area (Å²) in [5.41, 5.74) is 3.86. The minimum absolute atomic E-state index is 0.892. The summed E-state index contributed by atoms with van der Waals surface area (Å²) in [5.74, 6) is 0. The summed E-state index contributed by atoms with van der Waals surface area (Å²) in [6.45, 7) is 0. The molecule has 7 aromatic rings. The molecule has 2 heteroatoms. The van der Waals surface area contributed by atoms with E-state index >= 15 is 0 Å². The summed E-state index contributed by atoms with van der Waals surface area (Å²) in [4.78, 5) is 4.68. The van der Waals surface area contributed by atoms with Crippen LogP contribution in [0.25, 0.3) is 65.5 Å². The smallest absolute Gasteiger partial charge is 0.136 e. The third kappa shape index (κ3) is 2.42. The fourth-order valence-corrected chi connectivity index (χ4v) is 4.79. The molecule has 0 saturated carbocycles. The summed E-state index contributed by atoms with van der Waals surface area (Å²) in [5, 5.41) is 9.61. The highest BCUT2D eigenvalue weighted by Gasteiger charge is 2.13. The van der Waals surface area contributed by atoms with Gasteiger partial charge >= 0.3 is 0 Å². The van der Waals surface area contributed by atoms with E-state index in [4.69, 9.17) is 4.42 Å². The SMILES string of the molecule is c1ccc2cc3c(ccc4oc5cc(-c6nccc7ccccc67)ccc5c43)cc2c1. The average Bonchev–Trinajstić information content (AvgIpc) is 3.20. The summed E-state index contributed by atoms with van der Waals surface area (Å²) in [6, 6.07) is 34.2. The van der Waals surface area contributed by atoms with E-state index in [0.717, 1.165) is 33.2 Å². The molecule has 0 fully saturated rings. The maximum absolute atomic E-state index is 6.32. The van der Waals surface area contributed by atoms with Crippen LogP contribution in [0.15, 0.2) is 108 Å². The molecule has 2 nitrogen and oxygen atoms in total. The number of hydrogen-bond donors (Lipinski definition) is 0. The van der Waals surface area contributed by atoms with Crippen LogP contribution < -0.4 is 0 Å². The van der Waals surface area contributed by atoms with E-state index in [1.807, 2.05) is 6.20 Å². The summed E-state index contributed by atoms with van der Waals surface area (Å²) in [7, 11) is 0. The molecule has 0 aliphatic rings. The van der Waals surface area contributed by atoms with E-state index in [-0.39, 0.29) is 0 Å². The first-order valence-corrected chi connectivity index (χ1v) is 10.5. The van der Waals surface area contributed by atoms with Crippen LogP contribution in [0.5, 0.6) is 0 Å². The van der Waals surface area contributed by atoms with E-state index in [1.54, 1.807) is 0 Å². The van der Waals surface area contributed by atoms with Gasteiger partial charge in [-0.25, -0.2) is 0 Å². The van der Waals surface area contributed by atoms with Gasteiger partial charge in [-0.3, -0.25) is 4.98 Å². The molecule has 0 spiro atoms. The predicted octanol–water partition coefficient (Wildman–Crippen LogP) is 8.11. The van der Waals surface area contributed by atoms with E-state index in [1.165, 1.54) is 32.3 Å². The lowest BCUT2D eigenvalue weighted by Gasteiger charge is -2.06. The van der Waals surface area contributed by atoms with Crippen molar-refractivity contribution in [3.63, 3.8) is 0 Å². The number of nitrogens with zero attached hydrogens (tertiary/aromatic N) is 1. The lowest BCUT2D eigenvalue weighted by molar-refractivity contribution is 0.669. The Morgan fingerprint density at radius 1 is 0.516 bits per heavy atom. The molecule has 31 heavy (non-hydrogen) atoms. The van der Waals surface area contributed by atoms with Crippen LogP contribution in [-0.4, -0.2) is 4.98 Å². The number of furan rings is 1. The molecular weight excluding hydrogens is 378 g/mol. The van der Waals surface area contributed by atoms with Crippen LogP contribution in [0.2, 0.25) is 0 Å². The number of benzene rings is 5. The maximum atomic E-state index is 6.32. The van der Waals surface area contributed by atoms with Crippen LogP contribution in [0, 0.1) is 0 Å². The number of rotatable bonds is 1. The minimum atomic E-state index is 0.892. The van der Waals surface area contributed by atoms with Gasteiger partial charge in [0.25, 0.3) is 0 Å². The standard InChI is InChI=1S/C29H17NO/c1-2-7-20-16-25-21(15-19(20)6-1)10-12-26-28(25)24-11-9-22(17-27(24)31-26)29-23-8-4-3-5-18(23)13-14-30-29/h1-17H. The van der Waals surface area contributed by atoms with Crippen molar-refractivity contribution in [2.45, 2.75) is 0 Å². The first kappa shape index (κ1) is 16.6. The van der Waals surface area contributed by atoms with Crippen molar-refractivity contribution in [3.8, 4) is 11.3 Å². The summed E-state index contributed by atoms with van der Waals surface area (Å²) >= 11 is 0. The van der Waals surface area contributed by atoms with Crippen molar-refractivity contribution in [2.75, 3.05) is 0 Å². The van der Waals surface area contributed by atoms with Crippen molar-refractivity contribution in [2.24, 2.45) is 0 Å². The molecular formula is C29H17NO. The zero-order valence-electron chi connectivity index (χ0n) is 16.7. The fourth-order valence-electron chi connectivity index (χ4n) is 4.79. The molecule has 0 radical (unpaired) electrons. The molecule has 2 heterocycles. The highest BCUT2D eigenvalue weighted by atomic mass is 16.3. The molecule has 0 atom stereocenters. The van der Waals surface area contributed by atoms with Gasteiger partial charge in [0.05, 0.1) is 5.69 Å². The number of aromatic nitrogens is 1. The van der Waals surface area contributed by atoms with Gasteiger partial charge in [-0.1, -0.05) is 60.7 Å². The number of pyridine rings is 1. The molecule has 0 bridgehead atoms. The van der Waals surface area contributed by atoms with Crippen molar-refractivity contribution < 1.29 is 4.42 Å². The molecule has 0 unspecified atom stereocenters. The van der Waals surface area contributed by atoms with Gasteiger partial charge in [0.1, 0.15) is 11.2 Å². The van der Waals surface area contributed by atoms with Gasteiger partial charge in [0.2, 0.25) is 0 Å². The Morgan fingerprint density at radius 2 is 1.32 bits per heavy atom. The number of hydrogen-bond acceptors (Lipinski definition) is 2. The first-order chi connectivity index (χ1) is 15.3. The zero-order chi connectivity index (χ0) is 20.4. The summed E-state index contributed by atoms with van der Waals surface area (Å²) < 4.78 is 6.32. The Bertz CT molecular complexity index is 1790. The highest BCUT2D eigenvalue weighted by molar-refractivity contribution is 6.21. The Morgan fingerprint density at radius 3 is 2.23 bits per heavy atom. The van der Waals surface area contributed by atoms with Crippen LogP contribution >= 0.6 is 0 Å². The second-order valence-corrected chi connectivity index (χ2v) is 8.05.